The highest BCUT2D eigenvalue weighted by Crippen LogP contribution is 2.09. The first-order valence-electron chi connectivity index (χ1n) is 9.15. The van der Waals surface area contributed by atoms with E-state index in [9.17, 15) is 9.90 Å². The number of hydrogen-bond donors (Lipinski definition) is 3. The lowest BCUT2D eigenvalue weighted by atomic mass is 10.1. The number of benzene rings is 1. The van der Waals surface area contributed by atoms with E-state index in [-0.39, 0.29) is 0 Å². The molecule has 0 aliphatic heterocycles. The number of anilines is 1. The maximum atomic E-state index is 11.9. The van der Waals surface area contributed by atoms with Crippen LogP contribution < -0.4 is 21.6 Å². The molecule has 148 valence electrons. The van der Waals surface area contributed by atoms with Gasteiger partial charge in [-0.15, -0.1) is 0 Å². The molecule has 1 heterocycles. The minimum Gasteiger partial charge on any atom is -0.496 e. The van der Waals surface area contributed by atoms with Crippen LogP contribution in [-0.2, 0) is 22.6 Å². The number of methoxy groups -OCH3 is 1. The van der Waals surface area contributed by atoms with Gasteiger partial charge in [0.05, 0.1) is 24.2 Å². The smallest absolute Gasteiger partial charge is 0.251 e. The number of nitrogen functional groups attached to an aromatic ring is 1. The molecule has 1 aromatic heterocycles. The number of carbonyl (C=O) groups is 1. The summed E-state index contributed by atoms with van der Waals surface area (Å²) in [6.45, 7) is 3.81. The first kappa shape index (κ1) is 19.7. The second-order valence-electron chi connectivity index (χ2n) is 7.28. The third-order valence-electron chi connectivity index (χ3n) is 4.53. The Labute approximate surface area is 163 Å². The molecule has 0 saturated carbocycles. The Morgan fingerprint density at radius 2 is 2.14 bits per heavy atom. The lowest BCUT2D eigenvalue weighted by Crippen LogP contribution is -2.41. The number of carbonyl (C=O) groups excluding carboxylic acids is 1. The van der Waals surface area contributed by atoms with Gasteiger partial charge in [-0.3, -0.25) is 9.48 Å². The Morgan fingerprint density at radius 1 is 1.39 bits per heavy atom. The standard InChI is InChI=1S/C21H26N4O3/c1-21(2,27)20(26)23-12-14-7-6-8-15(11-14)13-25-16-9-4-5-10-17(28-3)18(16)19(22)24-25/h5-11,27H,4,12-13H2,1-3H3,(H2,22,24)(H,23,26). The molecule has 0 saturated heterocycles. The number of hydrogen-bond acceptors (Lipinski definition) is 5. The minimum atomic E-state index is -1.40. The summed E-state index contributed by atoms with van der Waals surface area (Å²) in [4.78, 5) is 11.9. The van der Waals surface area contributed by atoms with E-state index in [1.54, 1.807) is 7.11 Å². The van der Waals surface area contributed by atoms with Crippen molar-refractivity contribution in [3.8, 4) is 0 Å². The summed E-state index contributed by atoms with van der Waals surface area (Å²) in [6.07, 6.45) is 6.79. The summed E-state index contributed by atoms with van der Waals surface area (Å²) < 4.78 is 7.33. The molecule has 28 heavy (non-hydrogen) atoms. The van der Waals surface area contributed by atoms with Crippen molar-refractivity contribution in [3.05, 3.63) is 58.1 Å². The van der Waals surface area contributed by atoms with Crippen LogP contribution in [0.2, 0.25) is 0 Å². The number of ether oxygens (including phenoxy) is 1. The molecule has 3 rings (SSSR count). The Bertz CT molecular complexity index is 1030. The van der Waals surface area contributed by atoms with Crippen molar-refractivity contribution in [2.75, 3.05) is 12.8 Å². The summed E-state index contributed by atoms with van der Waals surface area (Å²) in [6, 6.07) is 7.87. The molecular weight excluding hydrogens is 356 g/mol. The number of amides is 1. The zero-order valence-corrected chi connectivity index (χ0v) is 16.4. The van der Waals surface area contributed by atoms with Crippen molar-refractivity contribution in [1.29, 1.82) is 0 Å². The van der Waals surface area contributed by atoms with E-state index in [1.165, 1.54) is 13.8 Å². The van der Waals surface area contributed by atoms with Crippen LogP contribution >= 0.6 is 0 Å². The summed E-state index contributed by atoms with van der Waals surface area (Å²) in [5.74, 6) is 0.728. The van der Waals surface area contributed by atoms with Crippen molar-refractivity contribution in [1.82, 2.24) is 15.1 Å². The Kier molecular flexibility index (Phi) is 5.56. The Balaban J connectivity index is 1.85. The molecular formula is C21H26N4O3. The summed E-state index contributed by atoms with van der Waals surface area (Å²) in [7, 11) is 1.62. The fourth-order valence-electron chi connectivity index (χ4n) is 3.09. The molecule has 0 bridgehead atoms. The maximum Gasteiger partial charge on any atom is 0.251 e. The van der Waals surface area contributed by atoms with Crippen molar-refractivity contribution in [2.24, 2.45) is 0 Å². The van der Waals surface area contributed by atoms with Crippen LogP contribution in [0.4, 0.5) is 5.82 Å². The third-order valence-corrected chi connectivity index (χ3v) is 4.53. The fraction of sp³-hybridized carbons (Fsp3) is 0.333. The minimum absolute atomic E-state index is 0.341. The van der Waals surface area contributed by atoms with E-state index in [2.05, 4.69) is 16.5 Å². The largest absolute Gasteiger partial charge is 0.496 e. The molecule has 1 aromatic carbocycles. The average Bonchev–Trinajstić information content (AvgIpc) is 2.82. The monoisotopic (exact) mass is 382 g/mol. The normalized spacial score (nSPS) is 13.5. The second kappa shape index (κ2) is 7.90. The van der Waals surface area contributed by atoms with Crippen LogP contribution in [0.3, 0.4) is 0 Å². The first-order chi connectivity index (χ1) is 13.3. The van der Waals surface area contributed by atoms with Gasteiger partial charge in [0, 0.05) is 6.54 Å². The number of rotatable bonds is 6. The molecule has 1 aliphatic rings. The van der Waals surface area contributed by atoms with Crippen molar-refractivity contribution in [2.45, 2.75) is 39.0 Å². The molecule has 7 heteroatoms. The highest BCUT2D eigenvalue weighted by atomic mass is 16.5. The highest BCUT2D eigenvalue weighted by Gasteiger charge is 2.23. The SMILES string of the molecule is COC1=c2c(N)nn(Cc3cccc(CNC(=O)C(C)(C)O)c3)c2=CCC=C1. The van der Waals surface area contributed by atoms with Crippen molar-refractivity contribution < 1.29 is 14.6 Å². The molecule has 0 unspecified atom stereocenters. The number of aromatic nitrogens is 2. The molecule has 1 aliphatic carbocycles. The van der Waals surface area contributed by atoms with Gasteiger partial charge >= 0.3 is 0 Å². The van der Waals surface area contributed by atoms with Crippen LogP contribution in [0.15, 0.2) is 36.4 Å². The number of nitrogens with zero attached hydrogens (tertiary/aromatic N) is 2. The molecule has 0 spiro atoms. The van der Waals surface area contributed by atoms with E-state index in [4.69, 9.17) is 10.5 Å². The van der Waals surface area contributed by atoms with Gasteiger partial charge in [-0.1, -0.05) is 36.4 Å². The summed E-state index contributed by atoms with van der Waals surface area (Å²) >= 11 is 0. The predicted octanol–water partition coefficient (Wildman–Crippen LogP) is 0.396. The summed E-state index contributed by atoms with van der Waals surface area (Å²) in [5, 5.41) is 18.7. The second-order valence-corrected chi connectivity index (χ2v) is 7.28. The zero-order chi connectivity index (χ0) is 20.3. The lowest BCUT2D eigenvalue weighted by Gasteiger charge is -2.16. The zero-order valence-electron chi connectivity index (χ0n) is 16.4. The Morgan fingerprint density at radius 3 is 2.86 bits per heavy atom. The van der Waals surface area contributed by atoms with Gasteiger partial charge in [0.1, 0.15) is 11.4 Å². The van der Waals surface area contributed by atoms with E-state index in [0.29, 0.717) is 24.7 Å². The predicted molar refractivity (Wildman–Crippen MR) is 108 cm³/mol. The topological polar surface area (TPSA) is 102 Å². The quantitative estimate of drug-likeness (QED) is 0.671. The number of allylic oxidation sites excluding steroid dienone is 1. The molecule has 0 fully saturated rings. The van der Waals surface area contributed by atoms with Gasteiger partial charge in [-0.05, 0) is 37.5 Å². The first-order valence-corrected chi connectivity index (χ1v) is 9.15. The molecule has 7 nitrogen and oxygen atoms in total. The average molecular weight is 382 g/mol. The van der Waals surface area contributed by atoms with Crippen LogP contribution in [0.1, 0.15) is 31.4 Å². The maximum absolute atomic E-state index is 11.9. The number of nitrogens with two attached hydrogens (primary N) is 1. The van der Waals surface area contributed by atoms with Crippen LogP contribution in [-0.4, -0.2) is 33.5 Å². The van der Waals surface area contributed by atoms with Gasteiger partial charge in [0.15, 0.2) is 5.82 Å². The third kappa shape index (κ3) is 4.26. The van der Waals surface area contributed by atoms with Crippen LogP contribution in [0, 0.1) is 0 Å². The van der Waals surface area contributed by atoms with E-state index < -0.39 is 11.5 Å². The Hall–Kier alpha value is -3.06. The van der Waals surface area contributed by atoms with Gasteiger partial charge in [0.2, 0.25) is 0 Å². The number of nitrogens with one attached hydrogen (secondary N) is 1. The van der Waals surface area contributed by atoms with Gasteiger partial charge in [-0.2, -0.15) is 5.10 Å². The van der Waals surface area contributed by atoms with Crippen molar-refractivity contribution in [3.63, 3.8) is 0 Å². The summed E-state index contributed by atoms with van der Waals surface area (Å²) in [5.41, 5.74) is 6.72. The molecule has 0 atom stereocenters. The number of fused-ring (bicyclic) bond motifs is 1. The fourth-order valence-corrected chi connectivity index (χ4v) is 3.09. The molecule has 2 aromatic rings. The van der Waals surface area contributed by atoms with Gasteiger partial charge < -0.3 is 20.9 Å². The van der Waals surface area contributed by atoms with E-state index in [1.807, 2.05) is 41.1 Å². The van der Waals surface area contributed by atoms with E-state index >= 15 is 0 Å². The molecule has 4 N–H and O–H groups in total. The highest BCUT2D eigenvalue weighted by molar-refractivity contribution is 5.83. The molecule has 0 radical (unpaired) electrons. The van der Waals surface area contributed by atoms with Crippen LogP contribution in [0.25, 0.3) is 11.8 Å². The number of aliphatic hydroxyl groups is 1. The van der Waals surface area contributed by atoms with Crippen molar-refractivity contribution >= 4 is 23.6 Å². The van der Waals surface area contributed by atoms with E-state index in [0.717, 1.165) is 28.1 Å². The van der Waals surface area contributed by atoms with Gasteiger partial charge in [0.25, 0.3) is 5.91 Å². The van der Waals surface area contributed by atoms with Gasteiger partial charge in [-0.25, -0.2) is 0 Å². The van der Waals surface area contributed by atoms with Crippen LogP contribution in [0.5, 0.6) is 0 Å². The molecule has 1 amide bonds. The lowest BCUT2D eigenvalue weighted by molar-refractivity contribution is -0.136.